The van der Waals surface area contributed by atoms with E-state index >= 15 is 0 Å². The van der Waals surface area contributed by atoms with Crippen molar-refractivity contribution in [1.82, 2.24) is 0 Å². The Balaban J connectivity index is 2.03. The van der Waals surface area contributed by atoms with Gasteiger partial charge in [0, 0.05) is 0 Å². The second-order valence-electron chi connectivity index (χ2n) is 5.46. The molecule has 3 rings (SSSR count). The fourth-order valence-electron chi connectivity index (χ4n) is 3.77. The van der Waals surface area contributed by atoms with Crippen molar-refractivity contribution < 1.29 is 24.7 Å². The zero-order valence-corrected chi connectivity index (χ0v) is 12.9. The first-order valence-electron chi connectivity index (χ1n) is 6.75. The van der Waals surface area contributed by atoms with E-state index in [9.17, 15) is 0 Å². The molecule has 17 heavy (non-hydrogen) atoms. The molecule has 0 saturated heterocycles. The summed E-state index contributed by atoms with van der Waals surface area (Å²) in [7, 11) is 0. The van der Waals surface area contributed by atoms with Gasteiger partial charge in [0.15, 0.2) is 0 Å². The van der Waals surface area contributed by atoms with Gasteiger partial charge in [-0.1, -0.05) is 0 Å². The van der Waals surface area contributed by atoms with Crippen LogP contribution < -0.4 is 0 Å². The topological polar surface area (TPSA) is 0 Å². The number of fused-ring (bicyclic) bond motifs is 1. The summed E-state index contributed by atoms with van der Waals surface area (Å²) in [6, 6.07) is 0. The van der Waals surface area contributed by atoms with Crippen molar-refractivity contribution in [2.75, 3.05) is 0 Å². The van der Waals surface area contributed by atoms with Crippen molar-refractivity contribution in [2.45, 2.75) is 35.7 Å². The molecular formula is C16H19Zr. The van der Waals surface area contributed by atoms with Crippen molar-refractivity contribution >= 4 is 0 Å². The Bertz CT molecular complexity index is 438. The van der Waals surface area contributed by atoms with E-state index in [0.717, 1.165) is 11.8 Å². The summed E-state index contributed by atoms with van der Waals surface area (Å²) in [5.74, 6) is 1.72. The molecule has 0 nitrogen and oxygen atoms in total. The SMILES string of the molecule is CCC1CC2CC=CC=C2[C]1([Zr])C1=CC=CC1. The molecule has 87 valence electrons. The van der Waals surface area contributed by atoms with Gasteiger partial charge in [-0.05, 0) is 0 Å². The third-order valence-corrected chi connectivity index (χ3v) is 7.18. The van der Waals surface area contributed by atoms with E-state index in [1.807, 2.05) is 0 Å². The average molecular weight is 303 g/mol. The van der Waals surface area contributed by atoms with Crippen LogP contribution in [0.25, 0.3) is 0 Å². The third-order valence-electron chi connectivity index (χ3n) is 4.68. The predicted octanol–water partition coefficient (Wildman–Crippen LogP) is 4.51. The van der Waals surface area contributed by atoms with Crippen molar-refractivity contribution in [1.29, 1.82) is 0 Å². The Morgan fingerprint density at radius 3 is 2.82 bits per heavy atom. The van der Waals surface area contributed by atoms with Gasteiger partial charge < -0.3 is 0 Å². The van der Waals surface area contributed by atoms with E-state index in [-0.39, 0.29) is 0 Å². The first-order chi connectivity index (χ1) is 8.26. The van der Waals surface area contributed by atoms with Gasteiger partial charge in [0.25, 0.3) is 0 Å². The van der Waals surface area contributed by atoms with Gasteiger partial charge in [0.1, 0.15) is 0 Å². The Kier molecular flexibility index (Phi) is 3.15. The minimum absolute atomic E-state index is 0.431. The van der Waals surface area contributed by atoms with E-state index in [1.165, 1.54) is 25.7 Å². The Morgan fingerprint density at radius 1 is 1.29 bits per heavy atom. The standard InChI is InChI=1S/C16H19.Zr/c1-2-12-11-14-9-5-6-10-15(14)16(12)13-7-3-4-8-13;/h3-7,10,12,14H,2,8-9,11H2,1H3;. The van der Waals surface area contributed by atoms with E-state index in [0.29, 0.717) is 3.12 Å². The quantitative estimate of drug-likeness (QED) is 0.704. The average Bonchev–Trinajstić information content (AvgIpc) is 2.97. The van der Waals surface area contributed by atoms with Crippen LogP contribution in [-0.2, 0) is 24.7 Å². The maximum atomic E-state index is 2.43. The van der Waals surface area contributed by atoms with Crippen LogP contribution in [-0.4, -0.2) is 0 Å². The molecule has 0 aliphatic heterocycles. The van der Waals surface area contributed by atoms with Crippen molar-refractivity contribution in [3.8, 4) is 0 Å². The molecule has 3 aliphatic carbocycles. The fourth-order valence-corrected chi connectivity index (χ4v) is 5.72. The zero-order valence-electron chi connectivity index (χ0n) is 10.4. The van der Waals surface area contributed by atoms with Gasteiger partial charge in [-0.25, -0.2) is 0 Å². The summed E-state index contributed by atoms with van der Waals surface area (Å²) in [5.41, 5.74) is 3.44. The van der Waals surface area contributed by atoms with Crippen LogP contribution in [0.5, 0.6) is 0 Å². The molecular weight excluding hydrogens is 283 g/mol. The number of hydrogen-bond donors (Lipinski definition) is 0. The van der Waals surface area contributed by atoms with Crippen LogP contribution in [0.4, 0.5) is 0 Å². The first kappa shape index (κ1) is 11.9. The normalized spacial score (nSPS) is 39.1. The first-order valence-corrected chi connectivity index (χ1v) is 7.98. The molecule has 1 fully saturated rings. The molecule has 0 radical (unpaired) electrons. The van der Waals surface area contributed by atoms with Crippen LogP contribution in [0.2, 0.25) is 3.12 Å². The molecule has 0 aromatic rings. The molecule has 0 amide bonds. The Hall–Kier alpha value is -0.157. The van der Waals surface area contributed by atoms with Crippen LogP contribution >= 0.6 is 0 Å². The number of allylic oxidation sites excluding steroid dienone is 8. The van der Waals surface area contributed by atoms with E-state index in [4.69, 9.17) is 0 Å². The molecule has 0 bridgehead atoms. The fraction of sp³-hybridized carbons (Fsp3) is 0.500. The molecule has 3 aliphatic rings. The van der Waals surface area contributed by atoms with Gasteiger partial charge in [-0.15, -0.1) is 0 Å². The molecule has 3 atom stereocenters. The van der Waals surface area contributed by atoms with Crippen LogP contribution in [0.1, 0.15) is 32.6 Å². The molecule has 0 heterocycles. The molecule has 0 aromatic carbocycles. The second-order valence-corrected chi connectivity index (χ2v) is 7.39. The number of rotatable bonds is 2. The van der Waals surface area contributed by atoms with E-state index < -0.39 is 0 Å². The molecule has 1 heteroatoms. The van der Waals surface area contributed by atoms with Gasteiger partial charge in [-0.2, -0.15) is 0 Å². The summed E-state index contributed by atoms with van der Waals surface area (Å²) >= 11 is 1.70. The summed E-state index contributed by atoms with van der Waals surface area (Å²) in [6.45, 7) is 2.37. The van der Waals surface area contributed by atoms with Gasteiger partial charge in [-0.3, -0.25) is 0 Å². The van der Waals surface area contributed by atoms with Crippen LogP contribution in [0.3, 0.4) is 0 Å². The van der Waals surface area contributed by atoms with E-state index in [2.05, 4.69) is 43.4 Å². The molecule has 1 saturated carbocycles. The zero-order chi connectivity index (χ0) is 11.9. The molecule has 3 unspecified atom stereocenters. The van der Waals surface area contributed by atoms with Crippen LogP contribution in [0.15, 0.2) is 47.6 Å². The monoisotopic (exact) mass is 301 g/mol. The summed E-state index contributed by atoms with van der Waals surface area (Å²) in [6.07, 6.45) is 19.2. The van der Waals surface area contributed by atoms with Crippen LogP contribution in [0, 0.1) is 11.8 Å². The molecule has 0 aromatic heterocycles. The Morgan fingerprint density at radius 2 is 2.12 bits per heavy atom. The van der Waals surface area contributed by atoms with E-state index in [1.54, 1.807) is 35.9 Å². The molecule has 0 N–H and O–H groups in total. The Labute approximate surface area is 119 Å². The van der Waals surface area contributed by atoms with Crippen molar-refractivity contribution in [2.24, 2.45) is 11.8 Å². The maximum absolute atomic E-state index is 2.43. The summed E-state index contributed by atoms with van der Waals surface area (Å²) < 4.78 is 0.431. The van der Waals surface area contributed by atoms with Crippen molar-refractivity contribution in [3.05, 3.63) is 47.6 Å². The van der Waals surface area contributed by atoms with Gasteiger partial charge >= 0.3 is 120 Å². The minimum atomic E-state index is 0.431. The van der Waals surface area contributed by atoms with Gasteiger partial charge in [0.2, 0.25) is 0 Å². The summed E-state index contributed by atoms with van der Waals surface area (Å²) in [5, 5.41) is 0. The third kappa shape index (κ3) is 1.73. The molecule has 0 spiro atoms. The number of hydrogen-bond acceptors (Lipinski definition) is 0. The predicted molar refractivity (Wildman–Crippen MR) is 68.3 cm³/mol. The second kappa shape index (κ2) is 4.50. The summed E-state index contributed by atoms with van der Waals surface area (Å²) in [4.78, 5) is 0. The van der Waals surface area contributed by atoms with Crippen molar-refractivity contribution in [3.63, 3.8) is 0 Å². The van der Waals surface area contributed by atoms with Gasteiger partial charge in [0.05, 0.1) is 0 Å².